The van der Waals surface area contributed by atoms with Gasteiger partial charge in [0, 0.05) is 25.6 Å². The molecule has 0 amide bonds. The molecule has 1 aromatic heterocycles. The van der Waals surface area contributed by atoms with Crippen LogP contribution in [0.2, 0.25) is 0 Å². The van der Waals surface area contributed by atoms with E-state index in [0.29, 0.717) is 17.4 Å². The number of nitrogens with two attached hydrogens (primary N) is 1. The first-order valence-corrected chi connectivity index (χ1v) is 7.75. The molecule has 2 rings (SSSR count). The van der Waals surface area contributed by atoms with Crippen molar-refractivity contribution in [3.05, 3.63) is 5.82 Å². The second-order valence-corrected chi connectivity index (χ2v) is 7.48. The molecule has 1 aliphatic heterocycles. The number of anilines is 1. The monoisotopic (exact) mass is 279 g/mol. The smallest absolute Gasteiger partial charge is 0.244 e. The fraction of sp³-hybridized carbons (Fsp3) is 0.867. The van der Waals surface area contributed by atoms with Crippen molar-refractivity contribution in [1.82, 2.24) is 15.2 Å². The van der Waals surface area contributed by atoms with Crippen LogP contribution >= 0.6 is 0 Å². The Morgan fingerprint density at radius 2 is 2.00 bits per heavy atom. The van der Waals surface area contributed by atoms with Gasteiger partial charge in [0.05, 0.1) is 0 Å². The summed E-state index contributed by atoms with van der Waals surface area (Å²) in [6.45, 7) is 11.1. The van der Waals surface area contributed by atoms with Gasteiger partial charge in [-0.15, -0.1) is 5.10 Å². The highest BCUT2D eigenvalue weighted by atomic mass is 15.4. The molecule has 1 atom stereocenters. The predicted molar refractivity (Wildman–Crippen MR) is 82.7 cm³/mol. The van der Waals surface area contributed by atoms with Gasteiger partial charge >= 0.3 is 0 Å². The van der Waals surface area contributed by atoms with E-state index in [9.17, 15) is 0 Å². The Bertz CT molecular complexity index is 412. The molecule has 0 saturated carbocycles. The summed E-state index contributed by atoms with van der Waals surface area (Å²) < 4.78 is 0. The van der Waals surface area contributed by atoms with Crippen molar-refractivity contribution in [3.63, 3.8) is 0 Å². The van der Waals surface area contributed by atoms with E-state index >= 15 is 0 Å². The van der Waals surface area contributed by atoms with E-state index in [1.807, 2.05) is 0 Å². The van der Waals surface area contributed by atoms with Crippen LogP contribution in [0.3, 0.4) is 0 Å². The minimum absolute atomic E-state index is 0.344. The third-order valence-corrected chi connectivity index (χ3v) is 3.85. The van der Waals surface area contributed by atoms with Crippen LogP contribution in [0.25, 0.3) is 0 Å². The number of nitrogens with zero attached hydrogens (tertiary/aromatic N) is 3. The number of nitrogens with one attached hydrogen (secondary N) is 1. The van der Waals surface area contributed by atoms with E-state index in [1.54, 1.807) is 0 Å². The molecule has 0 radical (unpaired) electrons. The van der Waals surface area contributed by atoms with Gasteiger partial charge in [0.1, 0.15) is 5.82 Å². The van der Waals surface area contributed by atoms with Gasteiger partial charge in [0.2, 0.25) is 5.95 Å². The van der Waals surface area contributed by atoms with Gasteiger partial charge in [-0.2, -0.15) is 4.98 Å². The van der Waals surface area contributed by atoms with Gasteiger partial charge in [-0.3, -0.25) is 5.10 Å². The number of aromatic amines is 1. The van der Waals surface area contributed by atoms with Gasteiger partial charge in [-0.1, -0.05) is 27.7 Å². The Morgan fingerprint density at radius 3 is 2.60 bits per heavy atom. The number of piperidine rings is 1. The molecule has 114 valence electrons. The first-order chi connectivity index (χ1) is 9.33. The molecule has 2 heterocycles. The van der Waals surface area contributed by atoms with Crippen molar-refractivity contribution < 1.29 is 0 Å². The van der Waals surface area contributed by atoms with Crippen LogP contribution in [0.5, 0.6) is 0 Å². The van der Waals surface area contributed by atoms with Gasteiger partial charge in [-0.25, -0.2) is 0 Å². The van der Waals surface area contributed by atoms with Crippen molar-refractivity contribution in [3.8, 4) is 0 Å². The average molecular weight is 279 g/mol. The molecule has 1 fully saturated rings. The number of hydrogen-bond acceptors (Lipinski definition) is 4. The Morgan fingerprint density at radius 1 is 1.35 bits per heavy atom. The third kappa shape index (κ3) is 4.47. The van der Waals surface area contributed by atoms with Crippen molar-refractivity contribution in [2.75, 3.05) is 18.0 Å². The number of rotatable bonds is 4. The van der Waals surface area contributed by atoms with Crippen molar-refractivity contribution in [2.24, 2.45) is 17.1 Å². The van der Waals surface area contributed by atoms with Crippen molar-refractivity contribution in [2.45, 2.75) is 59.4 Å². The zero-order valence-electron chi connectivity index (χ0n) is 13.3. The highest BCUT2D eigenvalue weighted by Gasteiger charge is 2.21. The van der Waals surface area contributed by atoms with E-state index in [0.717, 1.165) is 44.1 Å². The summed E-state index contributed by atoms with van der Waals surface area (Å²) in [5.74, 6) is 2.46. The van der Waals surface area contributed by atoms with Crippen molar-refractivity contribution in [1.29, 1.82) is 0 Å². The summed E-state index contributed by atoms with van der Waals surface area (Å²) in [5.41, 5.74) is 6.30. The van der Waals surface area contributed by atoms with Crippen LogP contribution in [0.15, 0.2) is 0 Å². The van der Waals surface area contributed by atoms with Gasteiger partial charge in [0.15, 0.2) is 0 Å². The van der Waals surface area contributed by atoms with Gasteiger partial charge in [0.25, 0.3) is 0 Å². The summed E-state index contributed by atoms with van der Waals surface area (Å²) >= 11 is 0. The van der Waals surface area contributed by atoms with Crippen LogP contribution in [0.4, 0.5) is 5.95 Å². The van der Waals surface area contributed by atoms with Crippen molar-refractivity contribution >= 4 is 5.95 Å². The Kier molecular flexibility index (Phi) is 4.68. The molecule has 5 nitrogen and oxygen atoms in total. The lowest BCUT2D eigenvalue weighted by molar-refractivity contribution is 0.304. The van der Waals surface area contributed by atoms with Crippen LogP contribution in [0, 0.1) is 11.3 Å². The molecule has 1 aliphatic rings. The SMILES string of the molecule is CC(Cc1nc(N2CCC(N)CC2)n[nH]1)CC(C)(C)C. The first kappa shape index (κ1) is 15.3. The number of aromatic nitrogens is 3. The van der Waals surface area contributed by atoms with E-state index in [2.05, 4.69) is 47.8 Å². The van der Waals surface area contributed by atoms with E-state index < -0.39 is 0 Å². The number of hydrogen-bond donors (Lipinski definition) is 2. The Balaban J connectivity index is 1.89. The van der Waals surface area contributed by atoms with Crippen LogP contribution in [-0.4, -0.2) is 34.3 Å². The summed E-state index contributed by atoms with van der Waals surface area (Å²) in [6, 6.07) is 0.344. The minimum Gasteiger partial charge on any atom is -0.339 e. The topological polar surface area (TPSA) is 70.8 Å². The molecule has 20 heavy (non-hydrogen) atoms. The maximum Gasteiger partial charge on any atom is 0.244 e. The fourth-order valence-electron chi connectivity index (χ4n) is 3.07. The molecule has 0 aromatic carbocycles. The lowest BCUT2D eigenvalue weighted by atomic mass is 9.84. The number of H-pyrrole nitrogens is 1. The van der Waals surface area contributed by atoms with E-state index in [4.69, 9.17) is 5.73 Å². The maximum atomic E-state index is 5.93. The summed E-state index contributed by atoms with van der Waals surface area (Å²) in [7, 11) is 0. The molecule has 1 aromatic rings. The molecule has 1 saturated heterocycles. The van der Waals surface area contributed by atoms with Gasteiger partial charge < -0.3 is 10.6 Å². The van der Waals surface area contributed by atoms with E-state index in [1.165, 1.54) is 6.42 Å². The molecule has 3 N–H and O–H groups in total. The first-order valence-electron chi connectivity index (χ1n) is 7.75. The Labute approximate surface area is 122 Å². The fourth-order valence-corrected chi connectivity index (χ4v) is 3.07. The Hall–Kier alpha value is -1.10. The molecule has 0 bridgehead atoms. The highest BCUT2D eigenvalue weighted by Crippen LogP contribution is 2.26. The zero-order valence-corrected chi connectivity index (χ0v) is 13.3. The maximum absolute atomic E-state index is 5.93. The molecule has 0 spiro atoms. The van der Waals surface area contributed by atoms with Crippen LogP contribution < -0.4 is 10.6 Å². The molecule has 5 heteroatoms. The largest absolute Gasteiger partial charge is 0.339 e. The lowest BCUT2D eigenvalue weighted by Crippen LogP contribution is -2.40. The molecule has 1 unspecified atom stereocenters. The molecule has 0 aliphatic carbocycles. The summed E-state index contributed by atoms with van der Waals surface area (Å²) in [5, 5.41) is 7.46. The van der Waals surface area contributed by atoms with Crippen LogP contribution in [-0.2, 0) is 6.42 Å². The quantitative estimate of drug-likeness (QED) is 0.887. The zero-order chi connectivity index (χ0) is 14.8. The van der Waals surface area contributed by atoms with Gasteiger partial charge in [-0.05, 0) is 30.6 Å². The normalized spacial score (nSPS) is 19.4. The standard InChI is InChI=1S/C15H29N5/c1-11(10-15(2,3)4)9-13-17-14(19-18-13)20-7-5-12(16)6-8-20/h11-12H,5-10,16H2,1-4H3,(H,17,18,19). The summed E-state index contributed by atoms with van der Waals surface area (Å²) in [6.07, 6.45) is 4.23. The second-order valence-electron chi connectivity index (χ2n) is 7.48. The second kappa shape index (κ2) is 6.12. The molecular formula is C15H29N5. The molecular weight excluding hydrogens is 250 g/mol. The predicted octanol–water partition coefficient (Wildman–Crippen LogP) is 2.35. The third-order valence-electron chi connectivity index (χ3n) is 3.85. The van der Waals surface area contributed by atoms with E-state index in [-0.39, 0.29) is 0 Å². The average Bonchev–Trinajstić information content (AvgIpc) is 2.75. The summed E-state index contributed by atoms with van der Waals surface area (Å²) in [4.78, 5) is 6.88. The minimum atomic E-state index is 0.344. The highest BCUT2D eigenvalue weighted by molar-refractivity contribution is 5.29. The van der Waals surface area contributed by atoms with Crippen LogP contribution in [0.1, 0.15) is 52.8 Å². The lowest BCUT2D eigenvalue weighted by Gasteiger charge is -2.28.